The Morgan fingerprint density at radius 2 is 1.90 bits per heavy atom. The molecule has 0 aliphatic rings. The summed E-state index contributed by atoms with van der Waals surface area (Å²) in [6, 6.07) is 12.4. The summed E-state index contributed by atoms with van der Waals surface area (Å²) in [5.41, 5.74) is 0.196. The largest absolute Gasteiger partial charge is 0.464 e. The fraction of sp³-hybridized carbons (Fsp3) is 0.133. The zero-order valence-corrected chi connectivity index (χ0v) is 10.8. The van der Waals surface area contributed by atoms with Gasteiger partial charge in [-0.3, -0.25) is 0 Å². The summed E-state index contributed by atoms with van der Waals surface area (Å²) in [4.78, 5) is 11.9. The minimum atomic E-state index is -0.585. The number of hydrogen-bond acceptors (Lipinski definition) is 4. The molecule has 2 aromatic carbocycles. The Balaban J connectivity index is 2.13. The molecule has 0 saturated carbocycles. The number of hydrogen-bond donors (Lipinski definition) is 0. The molecule has 104 valence electrons. The maximum absolute atomic E-state index is 13.5. The highest BCUT2D eigenvalue weighted by Crippen LogP contribution is 2.20. The lowest BCUT2D eigenvalue weighted by Gasteiger charge is -2.08. The fourth-order valence-electron chi connectivity index (χ4n) is 1.52. The summed E-state index contributed by atoms with van der Waals surface area (Å²) in [5, 5.41) is 0. The molecular weight excluding hydrogens is 263 g/mol. The maximum atomic E-state index is 13.5. The van der Waals surface area contributed by atoms with Crippen LogP contribution in [0.5, 0.6) is 11.5 Å². The molecule has 4 nitrogen and oxygen atoms in total. The molecule has 0 radical (unpaired) electrons. The summed E-state index contributed by atoms with van der Waals surface area (Å²) in [6.45, 7) is -0.103. The second-order valence-electron chi connectivity index (χ2n) is 3.90. The number of methoxy groups -OCH3 is 1. The first-order valence-electron chi connectivity index (χ1n) is 5.89. The van der Waals surface area contributed by atoms with E-state index in [9.17, 15) is 9.18 Å². The summed E-state index contributed by atoms with van der Waals surface area (Å²) in [6.07, 6.45) is 0. The lowest BCUT2D eigenvalue weighted by molar-refractivity contribution is 0.0480. The molecule has 0 aliphatic carbocycles. The Morgan fingerprint density at radius 3 is 2.60 bits per heavy atom. The van der Waals surface area contributed by atoms with Crippen molar-refractivity contribution in [1.29, 1.82) is 0 Å². The molecule has 0 unspecified atom stereocenters. The summed E-state index contributed by atoms with van der Waals surface area (Å²) in [7, 11) is 1.42. The van der Waals surface area contributed by atoms with Crippen molar-refractivity contribution in [3.8, 4) is 11.5 Å². The van der Waals surface area contributed by atoms with Crippen LogP contribution in [0, 0.1) is 5.82 Å². The smallest absolute Gasteiger partial charge is 0.343 e. The van der Waals surface area contributed by atoms with Gasteiger partial charge in [-0.05, 0) is 30.3 Å². The van der Waals surface area contributed by atoms with Crippen molar-refractivity contribution >= 4 is 5.97 Å². The predicted octanol–water partition coefficient (Wildman–Crippen LogP) is 3.03. The van der Waals surface area contributed by atoms with Crippen LogP contribution in [-0.4, -0.2) is 19.9 Å². The van der Waals surface area contributed by atoms with Crippen molar-refractivity contribution < 1.29 is 23.4 Å². The standard InChI is InChI=1S/C15H13FO4/c1-18-10-19-14-9-11(7-8-13(14)16)15(17)20-12-5-3-2-4-6-12/h2-9H,10H2,1H3. The van der Waals surface area contributed by atoms with Gasteiger partial charge in [0.1, 0.15) is 5.75 Å². The van der Waals surface area contributed by atoms with Crippen LogP contribution in [-0.2, 0) is 4.74 Å². The number of rotatable bonds is 5. The third kappa shape index (κ3) is 3.55. The lowest BCUT2D eigenvalue weighted by Crippen LogP contribution is -2.09. The quantitative estimate of drug-likeness (QED) is 0.478. The zero-order valence-electron chi connectivity index (χ0n) is 10.8. The molecule has 2 rings (SSSR count). The molecule has 5 heteroatoms. The molecular formula is C15H13FO4. The first-order chi connectivity index (χ1) is 9.70. The number of ether oxygens (including phenoxy) is 3. The van der Waals surface area contributed by atoms with Gasteiger partial charge in [0, 0.05) is 7.11 Å². The van der Waals surface area contributed by atoms with Gasteiger partial charge in [0.15, 0.2) is 18.4 Å². The topological polar surface area (TPSA) is 44.8 Å². The van der Waals surface area contributed by atoms with Gasteiger partial charge in [0.2, 0.25) is 0 Å². The van der Waals surface area contributed by atoms with Crippen LogP contribution in [0.4, 0.5) is 4.39 Å². The van der Waals surface area contributed by atoms with Gasteiger partial charge >= 0.3 is 5.97 Å². The Bertz CT molecular complexity index is 584. The van der Waals surface area contributed by atoms with Crippen molar-refractivity contribution in [2.45, 2.75) is 0 Å². The van der Waals surface area contributed by atoms with Gasteiger partial charge in [-0.15, -0.1) is 0 Å². The van der Waals surface area contributed by atoms with Crippen LogP contribution in [0.1, 0.15) is 10.4 Å². The van der Waals surface area contributed by atoms with Gasteiger partial charge in [-0.1, -0.05) is 18.2 Å². The Hall–Kier alpha value is -2.40. The van der Waals surface area contributed by atoms with E-state index in [-0.39, 0.29) is 18.1 Å². The van der Waals surface area contributed by atoms with Crippen molar-refractivity contribution in [3.63, 3.8) is 0 Å². The molecule has 0 aromatic heterocycles. The molecule has 2 aromatic rings. The Labute approximate surface area is 115 Å². The third-order valence-corrected chi connectivity index (χ3v) is 2.45. The lowest BCUT2D eigenvalue weighted by atomic mass is 10.2. The number of benzene rings is 2. The van der Waals surface area contributed by atoms with Crippen molar-refractivity contribution in [2.75, 3.05) is 13.9 Å². The summed E-state index contributed by atoms with van der Waals surface area (Å²) < 4.78 is 28.3. The van der Waals surface area contributed by atoms with E-state index >= 15 is 0 Å². The number of carbonyl (C=O) groups is 1. The van der Waals surface area contributed by atoms with Gasteiger partial charge in [0.05, 0.1) is 5.56 Å². The van der Waals surface area contributed by atoms with E-state index in [1.54, 1.807) is 24.3 Å². The second-order valence-corrected chi connectivity index (χ2v) is 3.90. The monoisotopic (exact) mass is 276 g/mol. The number of halogens is 1. The van der Waals surface area contributed by atoms with Crippen LogP contribution in [0.15, 0.2) is 48.5 Å². The Kier molecular flexibility index (Phi) is 4.68. The molecule has 0 heterocycles. The molecule has 20 heavy (non-hydrogen) atoms. The van der Waals surface area contributed by atoms with Crippen LogP contribution < -0.4 is 9.47 Å². The second kappa shape index (κ2) is 6.68. The van der Waals surface area contributed by atoms with Gasteiger partial charge in [-0.25, -0.2) is 9.18 Å². The van der Waals surface area contributed by atoms with Crippen LogP contribution in [0.3, 0.4) is 0 Å². The van der Waals surface area contributed by atoms with Gasteiger partial charge in [0.25, 0.3) is 0 Å². The van der Waals surface area contributed by atoms with Crippen LogP contribution in [0.25, 0.3) is 0 Å². The number of para-hydroxylation sites is 1. The van der Waals surface area contributed by atoms with Crippen LogP contribution >= 0.6 is 0 Å². The van der Waals surface area contributed by atoms with E-state index in [0.717, 1.165) is 6.07 Å². The van der Waals surface area contributed by atoms with Crippen LogP contribution in [0.2, 0.25) is 0 Å². The number of carbonyl (C=O) groups excluding carboxylic acids is 1. The highest BCUT2D eigenvalue weighted by molar-refractivity contribution is 5.91. The highest BCUT2D eigenvalue weighted by Gasteiger charge is 2.12. The average Bonchev–Trinajstić information content (AvgIpc) is 2.47. The zero-order chi connectivity index (χ0) is 14.4. The first kappa shape index (κ1) is 14.0. The first-order valence-corrected chi connectivity index (χ1v) is 5.89. The highest BCUT2D eigenvalue weighted by atomic mass is 19.1. The molecule has 0 atom stereocenters. The molecule has 0 fully saturated rings. The van der Waals surface area contributed by atoms with Gasteiger partial charge in [-0.2, -0.15) is 0 Å². The fourth-order valence-corrected chi connectivity index (χ4v) is 1.52. The van der Waals surface area contributed by atoms with E-state index in [1.165, 1.54) is 19.2 Å². The van der Waals surface area contributed by atoms with E-state index in [0.29, 0.717) is 5.75 Å². The Morgan fingerprint density at radius 1 is 1.15 bits per heavy atom. The van der Waals surface area contributed by atoms with Crippen molar-refractivity contribution in [2.24, 2.45) is 0 Å². The summed E-state index contributed by atoms with van der Waals surface area (Å²) >= 11 is 0. The molecule has 0 spiro atoms. The molecule has 0 aliphatic heterocycles. The van der Waals surface area contributed by atoms with E-state index in [2.05, 4.69) is 0 Å². The predicted molar refractivity (Wildman–Crippen MR) is 70.3 cm³/mol. The normalized spacial score (nSPS) is 10.1. The van der Waals surface area contributed by atoms with Crippen molar-refractivity contribution in [3.05, 3.63) is 59.9 Å². The van der Waals surface area contributed by atoms with E-state index < -0.39 is 11.8 Å². The van der Waals surface area contributed by atoms with E-state index in [1.807, 2.05) is 6.07 Å². The maximum Gasteiger partial charge on any atom is 0.343 e. The minimum absolute atomic E-state index is 0.0608. The minimum Gasteiger partial charge on any atom is -0.464 e. The van der Waals surface area contributed by atoms with Crippen molar-refractivity contribution in [1.82, 2.24) is 0 Å². The summed E-state index contributed by atoms with van der Waals surface area (Å²) in [5.74, 6) is -0.799. The number of esters is 1. The molecule has 0 saturated heterocycles. The average molecular weight is 276 g/mol. The SMILES string of the molecule is COCOc1cc(C(=O)Oc2ccccc2)ccc1F. The van der Waals surface area contributed by atoms with Gasteiger partial charge < -0.3 is 14.2 Å². The molecule has 0 amide bonds. The third-order valence-electron chi connectivity index (χ3n) is 2.45. The molecule has 0 bridgehead atoms. The molecule has 0 N–H and O–H groups in total. The van der Waals surface area contributed by atoms with E-state index in [4.69, 9.17) is 14.2 Å².